The van der Waals surface area contributed by atoms with Gasteiger partial charge in [-0.3, -0.25) is 30.7 Å². The van der Waals surface area contributed by atoms with E-state index in [1.54, 1.807) is 61.1 Å². The minimum absolute atomic E-state index is 0.0758. The van der Waals surface area contributed by atoms with Crippen molar-refractivity contribution in [3.63, 3.8) is 0 Å². The highest BCUT2D eigenvalue weighted by Crippen LogP contribution is 2.15. The number of aryl methyl sites for hydroxylation is 1. The van der Waals surface area contributed by atoms with Gasteiger partial charge in [0.15, 0.2) is 0 Å². The summed E-state index contributed by atoms with van der Waals surface area (Å²) in [6.45, 7) is 1.59. The highest BCUT2D eigenvalue weighted by atomic mass is 16.2. The third kappa shape index (κ3) is 3.41. The number of rotatable bonds is 3. The summed E-state index contributed by atoms with van der Waals surface area (Å²) in [6.07, 6.45) is 1.72. The number of nitrogens with zero attached hydrogens (tertiary/aromatic N) is 3. The maximum absolute atomic E-state index is 12.3. The molecule has 2 heterocycles. The third-order valence-electron chi connectivity index (χ3n) is 3.81. The molecular weight excluding hydrogens is 336 g/mol. The van der Waals surface area contributed by atoms with Crippen LogP contribution in [0.15, 0.2) is 53.7 Å². The maximum Gasteiger partial charge on any atom is 0.306 e. The Morgan fingerprint density at radius 2 is 1.77 bits per heavy atom. The molecule has 0 bridgehead atoms. The molecule has 1 aliphatic heterocycles. The summed E-state index contributed by atoms with van der Waals surface area (Å²) in [5.74, 6) is -1.49. The SMILES string of the molecule is CC1N=C(C(=O)NNC(=O)c2cccn2C)NN(c2ccccc2)C1=O. The normalized spacial score (nSPS) is 16.5. The molecule has 1 aliphatic rings. The lowest BCUT2D eigenvalue weighted by Gasteiger charge is -2.30. The number of para-hydroxylation sites is 1. The van der Waals surface area contributed by atoms with Crippen LogP contribution in [0.1, 0.15) is 17.4 Å². The number of hydrazine groups is 2. The summed E-state index contributed by atoms with van der Waals surface area (Å²) < 4.78 is 1.62. The molecule has 1 atom stereocenters. The van der Waals surface area contributed by atoms with Crippen molar-refractivity contribution in [2.45, 2.75) is 13.0 Å². The average Bonchev–Trinajstić information content (AvgIpc) is 3.08. The minimum atomic E-state index is -0.735. The van der Waals surface area contributed by atoms with Crippen molar-refractivity contribution in [1.82, 2.24) is 20.8 Å². The molecule has 1 aromatic heterocycles. The molecule has 9 heteroatoms. The van der Waals surface area contributed by atoms with Gasteiger partial charge in [0.1, 0.15) is 11.7 Å². The summed E-state index contributed by atoms with van der Waals surface area (Å²) in [4.78, 5) is 40.7. The molecule has 0 spiro atoms. The van der Waals surface area contributed by atoms with E-state index in [0.717, 1.165) is 0 Å². The molecule has 3 amide bonds. The van der Waals surface area contributed by atoms with E-state index in [4.69, 9.17) is 0 Å². The van der Waals surface area contributed by atoms with Crippen molar-refractivity contribution in [1.29, 1.82) is 0 Å². The van der Waals surface area contributed by atoms with Crippen molar-refractivity contribution in [3.8, 4) is 0 Å². The second-order valence-corrected chi connectivity index (χ2v) is 5.69. The zero-order chi connectivity index (χ0) is 18.7. The van der Waals surface area contributed by atoms with Crippen LogP contribution in [0, 0.1) is 0 Å². The number of hydrogen-bond acceptors (Lipinski definition) is 5. The Labute approximate surface area is 149 Å². The van der Waals surface area contributed by atoms with Gasteiger partial charge in [0.2, 0.25) is 5.84 Å². The average molecular weight is 354 g/mol. The van der Waals surface area contributed by atoms with Crippen LogP contribution in [-0.2, 0) is 16.6 Å². The van der Waals surface area contributed by atoms with Crippen LogP contribution in [-0.4, -0.2) is 34.2 Å². The van der Waals surface area contributed by atoms with Crippen molar-refractivity contribution in [3.05, 3.63) is 54.4 Å². The van der Waals surface area contributed by atoms with Crippen LogP contribution in [0.3, 0.4) is 0 Å². The summed E-state index contributed by atoms with van der Waals surface area (Å²) in [6, 6.07) is 11.4. The molecule has 9 nitrogen and oxygen atoms in total. The lowest BCUT2D eigenvalue weighted by Crippen LogP contribution is -2.59. The van der Waals surface area contributed by atoms with Gasteiger partial charge < -0.3 is 4.57 Å². The van der Waals surface area contributed by atoms with E-state index >= 15 is 0 Å². The van der Waals surface area contributed by atoms with E-state index < -0.39 is 17.9 Å². The summed E-state index contributed by atoms with van der Waals surface area (Å²) in [5.41, 5.74) is 8.27. The van der Waals surface area contributed by atoms with Crippen LogP contribution in [0.25, 0.3) is 0 Å². The molecule has 0 fully saturated rings. The number of amidine groups is 1. The van der Waals surface area contributed by atoms with Crippen molar-refractivity contribution >= 4 is 29.2 Å². The summed E-state index contributed by atoms with van der Waals surface area (Å²) in [7, 11) is 1.72. The molecule has 3 rings (SSSR count). The second-order valence-electron chi connectivity index (χ2n) is 5.69. The molecule has 0 saturated heterocycles. The van der Waals surface area contributed by atoms with Gasteiger partial charge in [0.25, 0.3) is 11.8 Å². The predicted molar refractivity (Wildman–Crippen MR) is 95.0 cm³/mol. The number of anilines is 1. The first-order valence-corrected chi connectivity index (χ1v) is 7.93. The van der Waals surface area contributed by atoms with Gasteiger partial charge in [-0.2, -0.15) is 0 Å². The van der Waals surface area contributed by atoms with E-state index in [1.807, 2.05) is 6.07 Å². The number of amides is 3. The Bertz CT molecular complexity index is 874. The van der Waals surface area contributed by atoms with Gasteiger partial charge in [0.05, 0.1) is 5.69 Å². The van der Waals surface area contributed by atoms with Crippen molar-refractivity contribution < 1.29 is 14.4 Å². The standard InChI is InChI=1S/C17H18N6O3/c1-11-17(26)23(12-7-4-3-5-8-12)21-14(18-11)16(25)20-19-15(24)13-9-6-10-22(13)2/h3-11H,1-2H3,(H,18,21)(H,19,24)(H,20,25). The van der Waals surface area contributed by atoms with Crippen LogP contribution < -0.4 is 21.3 Å². The smallest absolute Gasteiger partial charge is 0.306 e. The predicted octanol–water partition coefficient (Wildman–Crippen LogP) is 0.125. The van der Waals surface area contributed by atoms with Crippen LogP contribution >= 0.6 is 0 Å². The van der Waals surface area contributed by atoms with Gasteiger partial charge in [-0.25, -0.2) is 10.0 Å². The molecule has 26 heavy (non-hydrogen) atoms. The topological polar surface area (TPSA) is 108 Å². The van der Waals surface area contributed by atoms with E-state index in [0.29, 0.717) is 11.4 Å². The third-order valence-corrected chi connectivity index (χ3v) is 3.81. The van der Waals surface area contributed by atoms with E-state index in [-0.39, 0.29) is 11.7 Å². The fourth-order valence-electron chi connectivity index (χ4n) is 2.44. The molecule has 0 saturated carbocycles. The first-order valence-electron chi connectivity index (χ1n) is 7.93. The first kappa shape index (κ1) is 17.2. The fourth-order valence-corrected chi connectivity index (χ4v) is 2.44. The number of carbonyl (C=O) groups excluding carboxylic acids is 3. The minimum Gasteiger partial charge on any atom is -0.347 e. The monoisotopic (exact) mass is 354 g/mol. The van der Waals surface area contributed by atoms with E-state index in [1.165, 1.54) is 5.01 Å². The Kier molecular flexibility index (Phi) is 4.70. The van der Waals surface area contributed by atoms with Crippen molar-refractivity contribution in [2.24, 2.45) is 12.0 Å². The van der Waals surface area contributed by atoms with Crippen LogP contribution in [0.5, 0.6) is 0 Å². The Balaban J connectivity index is 1.69. The van der Waals surface area contributed by atoms with E-state index in [2.05, 4.69) is 21.3 Å². The maximum atomic E-state index is 12.3. The number of carbonyl (C=O) groups is 3. The van der Waals surface area contributed by atoms with Crippen molar-refractivity contribution in [2.75, 3.05) is 5.01 Å². The Hall–Kier alpha value is -3.62. The molecule has 134 valence electrons. The molecular formula is C17H18N6O3. The lowest BCUT2D eigenvalue weighted by atomic mass is 10.2. The molecule has 1 aromatic carbocycles. The summed E-state index contributed by atoms with van der Waals surface area (Å²) in [5, 5.41) is 1.26. The first-order chi connectivity index (χ1) is 12.5. The molecule has 3 N–H and O–H groups in total. The van der Waals surface area contributed by atoms with Gasteiger partial charge in [-0.1, -0.05) is 18.2 Å². The second kappa shape index (κ2) is 7.09. The molecule has 1 unspecified atom stereocenters. The highest BCUT2D eigenvalue weighted by Gasteiger charge is 2.30. The van der Waals surface area contributed by atoms with Gasteiger partial charge >= 0.3 is 5.91 Å². The number of benzene rings is 1. The van der Waals surface area contributed by atoms with Gasteiger partial charge in [0, 0.05) is 13.2 Å². The fraction of sp³-hybridized carbons (Fsp3) is 0.176. The molecule has 0 aliphatic carbocycles. The Morgan fingerprint density at radius 3 is 2.42 bits per heavy atom. The van der Waals surface area contributed by atoms with Gasteiger partial charge in [-0.15, -0.1) is 0 Å². The number of nitrogens with one attached hydrogen (secondary N) is 3. The number of aromatic nitrogens is 1. The van der Waals surface area contributed by atoms with E-state index in [9.17, 15) is 14.4 Å². The number of hydrogen-bond donors (Lipinski definition) is 3. The highest BCUT2D eigenvalue weighted by molar-refractivity contribution is 6.39. The Morgan fingerprint density at radius 1 is 1.08 bits per heavy atom. The van der Waals surface area contributed by atoms with Gasteiger partial charge in [-0.05, 0) is 31.2 Å². The lowest BCUT2D eigenvalue weighted by molar-refractivity contribution is -0.120. The number of aliphatic imine (C=N–C) groups is 1. The summed E-state index contributed by atoms with van der Waals surface area (Å²) >= 11 is 0. The largest absolute Gasteiger partial charge is 0.347 e. The van der Waals surface area contributed by atoms with Crippen LogP contribution in [0.4, 0.5) is 5.69 Å². The zero-order valence-corrected chi connectivity index (χ0v) is 14.3. The zero-order valence-electron chi connectivity index (χ0n) is 14.3. The quantitative estimate of drug-likeness (QED) is 0.681. The molecule has 2 aromatic rings. The van der Waals surface area contributed by atoms with Crippen LogP contribution in [0.2, 0.25) is 0 Å². The molecule has 0 radical (unpaired) electrons.